The Kier molecular flexibility index (Phi) is 1.74. The van der Waals surface area contributed by atoms with Gasteiger partial charge in [-0.05, 0) is 29.0 Å². The predicted octanol–water partition coefficient (Wildman–Crippen LogP) is 3.85. The van der Waals surface area contributed by atoms with Gasteiger partial charge in [-0.25, -0.2) is 0 Å². The Balaban J connectivity index is 2.34. The van der Waals surface area contributed by atoms with Crippen molar-refractivity contribution in [3.05, 3.63) is 47.4 Å². The Bertz CT molecular complexity index is 517. The topological polar surface area (TPSA) is 9.23 Å². The molecule has 1 aliphatic heterocycles. The molecule has 0 atom stereocenters. The van der Waals surface area contributed by atoms with E-state index >= 15 is 0 Å². The summed E-state index contributed by atoms with van der Waals surface area (Å²) < 4.78 is 5.46. The van der Waals surface area contributed by atoms with Gasteiger partial charge in [-0.15, -0.1) is 0 Å². The van der Waals surface area contributed by atoms with E-state index in [9.17, 15) is 0 Å². The van der Waals surface area contributed by atoms with Gasteiger partial charge in [0.05, 0.1) is 12.0 Å². The van der Waals surface area contributed by atoms with Crippen LogP contribution in [0.25, 0.3) is 16.8 Å². The second-order valence-electron chi connectivity index (χ2n) is 3.22. The quantitative estimate of drug-likeness (QED) is 0.597. The van der Waals surface area contributed by atoms with Crippen LogP contribution >= 0.6 is 12.0 Å². The fourth-order valence-electron chi connectivity index (χ4n) is 1.62. The molecule has 1 heterocycles. The fraction of sp³-hybridized carbons (Fsp3) is 0. The van der Waals surface area contributed by atoms with Gasteiger partial charge in [0, 0.05) is 11.0 Å². The highest BCUT2D eigenvalue weighted by molar-refractivity contribution is 7.98. The standard InChI is InChI=1S/C12H8OS/c1-2-4-10-8-12-11(5-6-14-13-12)7-9(10)3-1/h1-8H. The lowest BCUT2D eigenvalue weighted by atomic mass is 10.1. The lowest BCUT2D eigenvalue weighted by Crippen LogP contribution is -1.88. The molecule has 0 spiro atoms. The van der Waals surface area contributed by atoms with E-state index in [-0.39, 0.29) is 0 Å². The van der Waals surface area contributed by atoms with Crippen molar-refractivity contribution < 1.29 is 4.18 Å². The molecule has 0 N–H and O–H groups in total. The van der Waals surface area contributed by atoms with Crippen LogP contribution in [0.1, 0.15) is 5.56 Å². The van der Waals surface area contributed by atoms with Crippen LogP contribution in [0.15, 0.2) is 41.8 Å². The molecule has 2 aromatic carbocycles. The van der Waals surface area contributed by atoms with Crippen molar-refractivity contribution in [1.82, 2.24) is 0 Å². The minimum atomic E-state index is 0.955. The van der Waals surface area contributed by atoms with E-state index in [1.54, 1.807) is 0 Å². The lowest BCUT2D eigenvalue weighted by molar-refractivity contribution is 0.649. The van der Waals surface area contributed by atoms with Crippen molar-refractivity contribution in [2.24, 2.45) is 0 Å². The summed E-state index contributed by atoms with van der Waals surface area (Å²) in [5, 5.41) is 4.44. The molecule has 0 amide bonds. The largest absolute Gasteiger partial charge is 0.421 e. The fourth-order valence-corrected chi connectivity index (χ4v) is 2.13. The first-order chi connectivity index (χ1) is 6.93. The summed E-state index contributed by atoms with van der Waals surface area (Å²) in [6.45, 7) is 0. The van der Waals surface area contributed by atoms with Gasteiger partial charge in [-0.1, -0.05) is 24.3 Å². The van der Waals surface area contributed by atoms with E-state index in [1.165, 1.54) is 22.8 Å². The van der Waals surface area contributed by atoms with E-state index in [2.05, 4.69) is 36.4 Å². The van der Waals surface area contributed by atoms with Crippen LogP contribution in [-0.4, -0.2) is 0 Å². The van der Waals surface area contributed by atoms with Crippen LogP contribution in [0.5, 0.6) is 5.75 Å². The van der Waals surface area contributed by atoms with Crippen molar-refractivity contribution in [3.63, 3.8) is 0 Å². The Morgan fingerprint density at radius 2 is 1.79 bits per heavy atom. The van der Waals surface area contributed by atoms with Gasteiger partial charge >= 0.3 is 0 Å². The maximum atomic E-state index is 5.46. The summed E-state index contributed by atoms with van der Waals surface area (Å²) in [5.41, 5.74) is 1.16. The maximum absolute atomic E-state index is 5.46. The van der Waals surface area contributed by atoms with E-state index in [0.717, 1.165) is 11.3 Å². The van der Waals surface area contributed by atoms with Gasteiger partial charge in [0.15, 0.2) is 0 Å². The highest BCUT2D eigenvalue weighted by Gasteiger charge is 2.07. The average molecular weight is 200 g/mol. The Labute approximate surface area is 86.6 Å². The number of hydrogen-bond donors (Lipinski definition) is 0. The zero-order valence-electron chi connectivity index (χ0n) is 7.44. The maximum Gasteiger partial charge on any atom is 0.145 e. The van der Waals surface area contributed by atoms with Gasteiger partial charge in [0.1, 0.15) is 5.75 Å². The summed E-state index contributed by atoms with van der Waals surface area (Å²) in [6, 6.07) is 12.5. The van der Waals surface area contributed by atoms with Crippen LogP contribution in [0.4, 0.5) is 0 Å². The highest BCUT2D eigenvalue weighted by atomic mass is 32.2. The molecule has 2 aromatic rings. The molecule has 0 aliphatic carbocycles. The monoisotopic (exact) mass is 200 g/mol. The van der Waals surface area contributed by atoms with Gasteiger partial charge in [0.2, 0.25) is 0 Å². The van der Waals surface area contributed by atoms with Crippen molar-refractivity contribution >= 4 is 28.9 Å². The van der Waals surface area contributed by atoms with Crippen LogP contribution < -0.4 is 4.18 Å². The Hall–Kier alpha value is -1.41. The third kappa shape index (κ3) is 1.19. The number of benzene rings is 2. The molecule has 0 aromatic heterocycles. The highest BCUT2D eigenvalue weighted by Crippen LogP contribution is 2.33. The summed E-state index contributed by atoms with van der Waals surface area (Å²) >= 11 is 1.37. The van der Waals surface area contributed by atoms with Gasteiger partial charge < -0.3 is 4.18 Å². The number of rotatable bonds is 0. The lowest BCUT2D eigenvalue weighted by Gasteiger charge is -2.11. The van der Waals surface area contributed by atoms with Crippen LogP contribution in [0.3, 0.4) is 0 Å². The molecule has 0 saturated carbocycles. The summed E-state index contributed by atoms with van der Waals surface area (Å²) in [5.74, 6) is 0.955. The third-order valence-corrected chi connectivity index (χ3v) is 2.84. The van der Waals surface area contributed by atoms with E-state index in [1.807, 2.05) is 11.5 Å². The second kappa shape index (κ2) is 3.07. The molecule has 1 aliphatic rings. The molecular weight excluding hydrogens is 192 g/mol. The van der Waals surface area contributed by atoms with Crippen molar-refractivity contribution in [3.8, 4) is 5.75 Å². The molecule has 14 heavy (non-hydrogen) atoms. The normalized spacial score (nSPS) is 13.7. The first-order valence-corrected chi connectivity index (χ1v) is 5.27. The third-order valence-electron chi connectivity index (χ3n) is 2.32. The molecule has 3 rings (SSSR count). The Morgan fingerprint density at radius 3 is 2.64 bits per heavy atom. The SMILES string of the molecule is C1=Cc2cc3ccccc3cc2OS1. The Morgan fingerprint density at radius 1 is 1.00 bits per heavy atom. The van der Waals surface area contributed by atoms with E-state index < -0.39 is 0 Å². The number of fused-ring (bicyclic) bond motifs is 2. The van der Waals surface area contributed by atoms with Crippen molar-refractivity contribution in [1.29, 1.82) is 0 Å². The van der Waals surface area contributed by atoms with Gasteiger partial charge in [0.25, 0.3) is 0 Å². The summed E-state index contributed by atoms with van der Waals surface area (Å²) in [4.78, 5) is 0. The van der Waals surface area contributed by atoms with Crippen molar-refractivity contribution in [2.75, 3.05) is 0 Å². The first-order valence-electron chi connectivity index (χ1n) is 4.46. The minimum Gasteiger partial charge on any atom is -0.421 e. The molecule has 0 saturated heterocycles. The van der Waals surface area contributed by atoms with E-state index in [4.69, 9.17) is 4.18 Å². The van der Waals surface area contributed by atoms with Crippen molar-refractivity contribution in [2.45, 2.75) is 0 Å². The molecular formula is C12H8OS. The second-order valence-corrected chi connectivity index (χ2v) is 3.85. The smallest absolute Gasteiger partial charge is 0.145 e. The molecule has 0 radical (unpaired) electrons. The molecule has 1 nitrogen and oxygen atoms in total. The summed E-state index contributed by atoms with van der Waals surface area (Å²) in [7, 11) is 0. The average Bonchev–Trinajstić information content (AvgIpc) is 2.26. The molecule has 68 valence electrons. The van der Waals surface area contributed by atoms with Crippen LogP contribution in [0, 0.1) is 0 Å². The van der Waals surface area contributed by atoms with E-state index in [0.29, 0.717) is 0 Å². The van der Waals surface area contributed by atoms with Gasteiger partial charge in [-0.3, -0.25) is 0 Å². The number of hydrogen-bond acceptors (Lipinski definition) is 2. The van der Waals surface area contributed by atoms with Crippen LogP contribution in [-0.2, 0) is 0 Å². The molecule has 0 fully saturated rings. The zero-order chi connectivity index (χ0) is 9.38. The molecule has 0 unspecified atom stereocenters. The molecule has 0 bridgehead atoms. The zero-order valence-corrected chi connectivity index (χ0v) is 8.25. The van der Waals surface area contributed by atoms with Crippen LogP contribution in [0.2, 0.25) is 0 Å². The summed E-state index contributed by atoms with van der Waals surface area (Å²) in [6.07, 6.45) is 2.08. The predicted molar refractivity (Wildman–Crippen MR) is 61.2 cm³/mol. The first kappa shape index (κ1) is 7.94. The minimum absolute atomic E-state index is 0.955. The molecule has 2 heteroatoms. The van der Waals surface area contributed by atoms with Gasteiger partial charge in [-0.2, -0.15) is 0 Å².